The number of para-hydroxylation sites is 1. The molecule has 2 aromatic rings. The van der Waals surface area contributed by atoms with Crippen LogP contribution in [0.25, 0.3) is 12.2 Å². The Balaban J connectivity index is 0.000000352. The quantitative estimate of drug-likeness (QED) is 0.215. The second kappa shape index (κ2) is 19.3. The lowest BCUT2D eigenvalue weighted by molar-refractivity contribution is -0.135. The second-order valence-electron chi connectivity index (χ2n) is 11.9. The van der Waals surface area contributed by atoms with Crippen LogP contribution in [0.2, 0.25) is 5.02 Å². The lowest BCUT2D eigenvalue weighted by Gasteiger charge is -2.48. The molecule has 3 aliphatic rings. The molecule has 14 heteroatoms. The van der Waals surface area contributed by atoms with Crippen molar-refractivity contribution in [1.82, 2.24) is 9.80 Å². The van der Waals surface area contributed by atoms with E-state index in [1.54, 1.807) is 0 Å². The summed E-state index contributed by atoms with van der Waals surface area (Å²) in [7, 11) is 0. The zero-order valence-corrected chi connectivity index (χ0v) is 28.4. The first-order chi connectivity index (χ1) is 23.8. The van der Waals surface area contributed by atoms with Gasteiger partial charge in [-0.25, -0.2) is 19.2 Å². The highest BCUT2D eigenvalue weighted by atomic mass is 35.5. The van der Waals surface area contributed by atoms with Crippen LogP contribution < -0.4 is 10.6 Å². The average molecular weight is 711 g/mol. The molecule has 2 aromatic carbocycles. The number of piperidine rings is 2. The number of hydrogen-bond acceptors (Lipinski definition) is 8. The minimum absolute atomic E-state index is 0.129. The molecule has 0 atom stereocenters. The van der Waals surface area contributed by atoms with Gasteiger partial charge in [0.05, 0.1) is 0 Å². The third kappa shape index (κ3) is 11.9. The van der Waals surface area contributed by atoms with E-state index in [-0.39, 0.29) is 5.91 Å². The van der Waals surface area contributed by atoms with Gasteiger partial charge in [0.15, 0.2) is 0 Å². The minimum atomic E-state index is -1.26. The van der Waals surface area contributed by atoms with Crippen LogP contribution in [0.3, 0.4) is 0 Å². The van der Waals surface area contributed by atoms with Gasteiger partial charge in [-0.2, -0.15) is 0 Å². The number of halogens is 1. The van der Waals surface area contributed by atoms with Crippen LogP contribution in [0.5, 0.6) is 0 Å². The third-order valence-corrected chi connectivity index (χ3v) is 8.88. The molecule has 0 radical (unpaired) electrons. The van der Waals surface area contributed by atoms with Crippen LogP contribution in [0.4, 0.5) is 11.4 Å². The van der Waals surface area contributed by atoms with E-state index in [1.807, 2.05) is 6.07 Å². The molecule has 0 spiro atoms. The number of benzene rings is 2. The SMILES string of the molecule is NC(=O)C1(N2CCCCC2)CCN(CCCN2c3ccccc3C=Cc3ccc(Cl)cc32)CC1.O=C(O)/C=C\C(=O)O.O=C(O)/C=C\C(=O)O. The number of primary amides is 1. The molecule has 268 valence electrons. The third-order valence-electron chi connectivity index (χ3n) is 8.65. The van der Waals surface area contributed by atoms with Crippen LogP contribution in [0.15, 0.2) is 66.8 Å². The summed E-state index contributed by atoms with van der Waals surface area (Å²) in [5.74, 6) is -5.16. The van der Waals surface area contributed by atoms with E-state index in [9.17, 15) is 24.0 Å². The summed E-state index contributed by atoms with van der Waals surface area (Å²) in [6.45, 7) is 5.80. The van der Waals surface area contributed by atoms with Crippen molar-refractivity contribution in [3.63, 3.8) is 0 Å². The maximum Gasteiger partial charge on any atom is 0.328 e. The van der Waals surface area contributed by atoms with E-state index in [4.69, 9.17) is 37.8 Å². The normalized spacial score (nSPS) is 16.9. The summed E-state index contributed by atoms with van der Waals surface area (Å²) >= 11 is 6.39. The summed E-state index contributed by atoms with van der Waals surface area (Å²) in [6, 6.07) is 14.7. The minimum Gasteiger partial charge on any atom is -0.478 e. The zero-order chi connectivity index (χ0) is 36.7. The Morgan fingerprint density at radius 3 is 1.74 bits per heavy atom. The number of anilines is 2. The number of nitrogens with zero attached hydrogens (tertiary/aromatic N) is 3. The fourth-order valence-corrected chi connectivity index (χ4v) is 6.41. The standard InChI is InChI=1S/C28H35ClN4O.2C4H4O4/c29-24-12-11-23-10-9-22-7-2-3-8-25(22)33(26(23)21-24)18-6-15-31-19-13-28(14-20-31,27(30)34)32-16-4-1-5-17-32;2*5-3(6)1-2-4(7)8/h2-3,7-12,21H,1,4-6,13-20H2,(H2,30,34);2*1-2H,(H,5,6)(H,7,8)/b;2*2-1-. The molecular formula is C36H43ClN4O9. The fraction of sp³-hybridized carbons (Fsp3) is 0.361. The smallest absolute Gasteiger partial charge is 0.328 e. The van der Waals surface area contributed by atoms with Gasteiger partial charge in [0.2, 0.25) is 5.91 Å². The first-order valence-electron chi connectivity index (χ1n) is 16.2. The van der Waals surface area contributed by atoms with Crippen molar-refractivity contribution >= 4 is 64.9 Å². The van der Waals surface area contributed by atoms with Crippen molar-refractivity contribution < 1.29 is 44.4 Å². The van der Waals surface area contributed by atoms with Crippen LogP contribution in [0.1, 0.15) is 49.7 Å². The lowest BCUT2D eigenvalue weighted by atomic mass is 9.83. The Morgan fingerprint density at radius 1 is 0.700 bits per heavy atom. The molecule has 2 fully saturated rings. The molecule has 5 rings (SSSR count). The van der Waals surface area contributed by atoms with Crippen molar-refractivity contribution in [3.05, 3.63) is 82.9 Å². The van der Waals surface area contributed by atoms with Crippen molar-refractivity contribution in [2.45, 2.75) is 44.1 Å². The van der Waals surface area contributed by atoms with Crippen molar-refractivity contribution in [2.75, 3.05) is 44.2 Å². The number of likely N-dealkylation sites (tertiary alicyclic amines) is 2. The van der Waals surface area contributed by atoms with Gasteiger partial charge >= 0.3 is 23.9 Å². The fourth-order valence-electron chi connectivity index (χ4n) is 6.24. The maximum atomic E-state index is 12.5. The molecule has 6 N–H and O–H groups in total. The molecule has 0 saturated carbocycles. The first kappa shape index (κ1) is 39.5. The highest BCUT2D eigenvalue weighted by Crippen LogP contribution is 2.38. The van der Waals surface area contributed by atoms with E-state index in [2.05, 4.69) is 63.2 Å². The van der Waals surface area contributed by atoms with Crippen molar-refractivity contribution in [2.24, 2.45) is 5.73 Å². The number of rotatable bonds is 10. The largest absolute Gasteiger partial charge is 0.478 e. The lowest BCUT2D eigenvalue weighted by Crippen LogP contribution is -2.63. The van der Waals surface area contributed by atoms with Crippen LogP contribution in [0, 0.1) is 0 Å². The topological polar surface area (TPSA) is 202 Å². The molecule has 2 saturated heterocycles. The van der Waals surface area contributed by atoms with Gasteiger partial charge in [0.25, 0.3) is 0 Å². The molecule has 0 aromatic heterocycles. The number of carbonyl (C=O) groups excluding carboxylic acids is 1. The molecule has 3 heterocycles. The summed E-state index contributed by atoms with van der Waals surface area (Å²) in [5.41, 5.74) is 10.3. The summed E-state index contributed by atoms with van der Waals surface area (Å²) in [4.78, 5) is 58.0. The second-order valence-corrected chi connectivity index (χ2v) is 12.3. The molecule has 1 amide bonds. The van der Waals surface area contributed by atoms with Gasteiger partial charge in [-0.15, -0.1) is 0 Å². The van der Waals surface area contributed by atoms with E-state index in [0.717, 1.165) is 69.2 Å². The Hall–Kier alpha value is -4.98. The zero-order valence-electron chi connectivity index (χ0n) is 27.6. The van der Waals surface area contributed by atoms with E-state index in [0.29, 0.717) is 24.3 Å². The molecule has 0 bridgehead atoms. The number of aliphatic carboxylic acids is 4. The summed E-state index contributed by atoms with van der Waals surface area (Å²) < 4.78 is 0. The monoisotopic (exact) mass is 710 g/mol. The Labute approximate surface area is 295 Å². The van der Waals surface area contributed by atoms with Crippen LogP contribution >= 0.6 is 11.6 Å². The Bertz CT molecular complexity index is 1540. The first-order valence-corrected chi connectivity index (χ1v) is 16.6. The molecule has 0 aliphatic carbocycles. The molecule has 3 aliphatic heterocycles. The van der Waals surface area contributed by atoms with Crippen molar-refractivity contribution in [1.29, 1.82) is 0 Å². The number of hydrogen-bond donors (Lipinski definition) is 5. The summed E-state index contributed by atoms with van der Waals surface area (Å²) in [5, 5.41) is 32.0. The van der Waals surface area contributed by atoms with E-state index in [1.165, 1.54) is 36.1 Å². The van der Waals surface area contributed by atoms with Gasteiger partial charge in [-0.05, 0) is 81.1 Å². The number of carboxylic acids is 4. The molecular weight excluding hydrogens is 668 g/mol. The van der Waals surface area contributed by atoms with Gasteiger partial charge in [-0.3, -0.25) is 9.69 Å². The predicted octanol–water partition coefficient (Wildman–Crippen LogP) is 4.58. The highest BCUT2D eigenvalue weighted by Gasteiger charge is 2.44. The van der Waals surface area contributed by atoms with Crippen LogP contribution in [-0.2, 0) is 24.0 Å². The van der Waals surface area contributed by atoms with Crippen molar-refractivity contribution in [3.8, 4) is 0 Å². The van der Waals surface area contributed by atoms with E-state index < -0.39 is 29.4 Å². The number of carbonyl (C=O) groups is 5. The Morgan fingerprint density at radius 2 is 1.22 bits per heavy atom. The number of nitrogens with two attached hydrogens (primary N) is 1. The van der Waals surface area contributed by atoms with Gasteiger partial charge < -0.3 is 36.0 Å². The van der Waals surface area contributed by atoms with E-state index >= 15 is 0 Å². The molecule has 50 heavy (non-hydrogen) atoms. The summed E-state index contributed by atoms with van der Waals surface area (Å²) in [6.07, 6.45) is 12.9. The van der Waals surface area contributed by atoms with Gasteiger partial charge in [-0.1, -0.05) is 54.4 Å². The molecule has 0 unspecified atom stereocenters. The number of amides is 1. The van der Waals surface area contributed by atoms with Crippen LogP contribution in [-0.4, -0.2) is 105 Å². The van der Waals surface area contributed by atoms with Gasteiger partial charge in [0, 0.05) is 60.3 Å². The average Bonchev–Trinajstić information content (AvgIpc) is 3.24. The van der Waals surface area contributed by atoms with Gasteiger partial charge in [0.1, 0.15) is 5.54 Å². The number of carboxylic acid groups (broad SMARTS) is 4. The Kier molecular flexibility index (Phi) is 15.2. The molecule has 13 nitrogen and oxygen atoms in total. The predicted molar refractivity (Wildman–Crippen MR) is 190 cm³/mol. The highest BCUT2D eigenvalue weighted by molar-refractivity contribution is 6.31. The maximum absolute atomic E-state index is 12.5. The number of fused-ring (bicyclic) bond motifs is 2.